The summed E-state index contributed by atoms with van der Waals surface area (Å²) in [7, 11) is 4.52. The number of ether oxygens (including phenoxy) is 3. The Labute approximate surface area is 221 Å². The highest BCUT2D eigenvalue weighted by Gasteiger charge is 2.42. The molecule has 0 saturated carbocycles. The maximum absolute atomic E-state index is 13.1. The van der Waals surface area contributed by atoms with Crippen LogP contribution < -0.4 is 14.8 Å². The lowest BCUT2D eigenvalue weighted by atomic mass is 9.92. The first-order chi connectivity index (χ1) is 17.9. The summed E-state index contributed by atoms with van der Waals surface area (Å²) in [4.78, 5) is 32.9. The van der Waals surface area contributed by atoms with Crippen molar-refractivity contribution in [1.29, 1.82) is 0 Å². The Balaban J connectivity index is 1.71. The number of allylic oxidation sites excluding steroid dienone is 1. The van der Waals surface area contributed by atoms with E-state index in [2.05, 4.69) is 5.32 Å². The third kappa shape index (κ3) is 5.51. The Morgan fingerprint density at radius 2 is 1.76 bits per heavy atom. The van der Waals surface area contributed by atoms with E-state index in [1.807, 2.05) is 66.6 Å². The number of hydrogen-bond donors (Lipinski definition) is 1. The van der Waals surface area contributed by atoms with Crippen molar-refractivity contribution in [3.63, 3.8) is 0 Å². The van der Waals surface area contributed by atoms with Gasteiger partial charge in [-0.05, 0) is 42.0 Å². The predicted octanol–water partition coefficient (Wildman–Crippen LogP) is 5.11. The van der Waals surface area contributed by atoms with Gasteiger partial charge in [-0.15, -0.1) is 0 Å². The monoisotopic (exact) mass is 521 g/mol. The van der Waals surface area contributed by atoms with Gasteiger partial charge in [0.25, 0.3) is 0 Å². The summed E-state index contributed by atoms with van der Waals surface area (Å²) in [6, 6.07) is 14.6. The van der Waals surface area contributed by atoms with Crippen LogP contribution in [0.5, 0.6) is 11.5 Å². The number of benzene rings is 2. The number of esters is 1. The number of amidine groups is 1. The van der Waals surface area contributed by atoms with Crippen molar-refractivity contribution in [3.8, 4) is 11.5 Å². The SMILES string of the molecule is CCC1=C(C(=O)OC)[C@@H](c2cc(OC)cc(OC)c2)N2C(CC(=O)N[C@H](C)c3ccccc3)=CSC2=N1. The van der Waals surface area contributed by atoms with Crippen LogP contribution in [0.3, 0.4) is 0 Å². The molecule has 2 aromatic carbocycles. The molecule has 8 nitrogen and oxygen atoms in total. The van der Waals surface area contributed by atoms with Gasteiger partial charge in [0.05, 0.1) is 51.1 Å². The fourth-order valence-electron chi connectivity index (χ4n) is 4.50. The number of hydrogen-bond acceptors (Lipinski definition) is 8. The second kappa shape index (κ2) is 11.6. The van der Waals surface area contributed by atoms with E-state index in [0.717, 1.165) is 16.8 Å². The molecular formula is C28H31N3O5S. The van der Waals surface area contributed by atoms with Crippen molar-refractivity contribution in [2.45, 2.75) is 38.8 Å². The van der Waals surface area contributed by atoms with E-state index >= 15 is 0 Å². The molecule has 2 atom stereocenters. The molecule has 0 bridgehead atoms. The molecule has 0 saturated heterocycles. The average Bonchev–Trinajstić information content (AvgIpc) is 3.33. The molecule has 2 aliphatic heterocycles. The van der Waals surface area contributed by atoms with Crippen LogP contribution in [0.15, 0.2) is 75.9 Å². The van der Waals surface area contributed by atoms with Crippen LogP contribution in [0, 0.1) is 0 Å². The lowest BCUT2D eigenvalue weighted by molar-refractivity contribution is -0.136. The van der Waals surface area contributed by atoms with Gasteiger partial charge in [-0.3, -0.25) is 4.79 Å². The average molecular weight is 522 g/mol. The van der Waals surface area contributed by atoms with Gasteiger partial charge in [-0.2, -0.15) is 0 Å². The van der Waals surface area contributed by atoms with Crippen LogP contribution in [0.25, 0.3) is 0 Å². The Hall–Kier alpha value is -3.72. The molecule has 2 aromatic rings. The van der Waals surface area contributed by atoms with E-state index in [4.69, 9.17) is 19.2 Å². The number of amides is 1. The van der Waals surface area contributed by atoms with Crippen LogP contribution >= 0.6 is 11.8 Å². The number of carbonyl (C=O) groups excluding carboxylic acids is 2. The molecule has 2 heterocycles. The van der Waals surface area contributed by atoms with Crippen LogP contribution in [-0.2, 0) is 14.3 Å². The number of aliphatic imine (C=N–C) groups is 1. The number of thioether (sulfide) groups is 1. The van der Waals surface area contributed by atoms with E-state index in [1.54, 1.807) is 20.3 Å². The van der Waals surface area contributed by atoms with Crippen molar-refractivity contribution in [2.24, 2.45) is 4.99 Å². The number of nitrogens with zero attached hydrogens (tertiary/aromatic N) is 2. The van der Waals surface area contributed by atoms with Gasteiger partial charge < -0.3 is 24.4 Å². The molecule has 0 radical (unpaired) electrons. The zero-order valence-corrected chi connectivity index (χ0v) is 22.4. The summed E-state index contributed by atoms with van der Waals surface area (Å²) < 4.78 is 16.2. The first kappa shape index (κ1) is 26.3. The number of methoxy groups -OCH3 is 3. The fourth-order valence-corrected chi connectivity index (χ4v) is 5.43. The third-order valence-electron chi connectivity index (χ3n) is 6.34. The van der Waals surface area contributed by atoms with Crippen molar-refractivity contribution >= 4 is 28.8 Å². The fraction of sp³-hybridized carbons (Fsp3) is 0.321. The third-order valence-corrected chi connectivity index (χ3v) is 7.23. The van der Waals surface area contributed by atoms with Crippen molar-refractivity contribution in [2.75, 3.05) is 21.3 Å². The standard InChI is InChI=1S/C28H31N3O5S/c1-6-23-25(27(33)36-5)26(19-12-21(34-3)15-22(13-19)35-4)31-20(16-37-28(31)30-23)14-24(32)29-17(2)18-10-8-7-9-11-18/h7-13,15-17,26H,6,14H2,1-5H3,(H,29,32)/t17-,26-/m1/s1. The van der Waals surface area contributed by atoms with E-state index in [9.17, 15) is 9.59 Å². The molecule has 0 aromatic heterocycles. The topological polar surface area (TPSA) is 89.5 Å². The number of nitrogens with one attached hydrogen (secondary N) is 1. The minimum absolute atomic E-state index is 0.122. The van der Waals surface area contributed by atoms with Crippen LogP contribution in [0.1, 0.15) is 49.9 Å². The van der Waals surface area contributed by atoms with E-state index < -0.39 is 12.0 Å². The summed E-state index contributed by atoms with van der Waals surface area (Å²) in [5.41, 5.74) is 3.60. The molecule has 0 fully saturated rings. The molecule has 0 unspecified atom stereocenters. The van der Waals surface area contributed by atoms with Gasteiger partial charge in [0.2, 0.25) is 5.91 Å². The first-order valence-electron chi connectivity index (χ1n) is 12.0. The molecule has 1 amide bonds. The van der Waals surface area contributed by atoms with Gasteiger partial charge in [0.15, 0.2) is 5.17 Å². The Kier molecular flexibility index (Phi) is 8.23. The molecule has 4 rings (SSSR count). The highest BCUT2D eigenvalue weighted by molar-refractivity contribution is 8.16. The highest BCUT2D eigenvalue weighted by atomic mass is 32.2. The second-order valence-electron chi connectivity index (χ2n) is 8.62. The zero-order chi connectivity index (χ0) is 26.5. The van der Waals surface area contributed by atoms with Gasteiger partial charge in [0, 0.05) is 11.8 Å². The van der Waals surface area contributed by atoms with E-state index in [-0.39, 0.29) is 18.4 Å². The van der Waals surface area contributed by atoms with E-state index in [1.165, 1.54) is 18.9 Å². The highest BCUT2D eigenvalue weighted by Crippen LogP contribution is 2.46. The van der Waals surface area contributed by atoms with Gasteiger partial charge in [0.1, 0.15) is 11.5 Å². The largest absolute Gasteiger partial charge is 0.497 e. The Morgan fingerprint density at radius 1 is 1.08 bits per heavy atom. The lowest BCUT2D eigenvalue weighted by Crippen LogP contribution is -2.38. The maximum atomic E-state index is 13.1. The number of rotatable bonds is 9. The van der Waals surface area contributed by atoms with Gasteiger partial charge in [-0.25, -0.2) is 9.79 Å². The Bertz CT molecular complexity index is 1250. The molecule has 9 heteroatoms. The molecule has 37 heavy (non-hydrogen) atoms. The van der Waals surface area contributed by atoms with Crippen LogP contribution in [0.4, 0.5) is 0 Å². The quantitative estimate of drug-likeness (QED) is 0.459. The lowest BCUT2D eigenvalue weighted by Gasteiger charge is -2.36. The van der Waals surface area contributed by atoms with E-state index in [0.29, 0.717) is 34.4 Å². The molecule has 1 N–H and O–H groups in total. The molecule has 2 aliphatic rings. The summed E-state index contributed by atoms with van der Waals surface area (Å²) in [5, 5.41) is 5.70. The summed E-state index contributed by atoms with van der Waals surface area (Å²) in [6.07, 6.45) is 0.668. The molecule has 0 spiro atoms. The maximum Gasteiger partial charge on any atom is 0.338 e. The summed E-state index contributed by atoms with van der Waals surface area (Å²) >= 11 is 1.44. The molecular weight excluding hydrogens is 490 g/mol. The minimum Gasteiger partial charge on any atom is -0.497 e. The summed E-state index contributed by atoms with van der Waals surface area (Å²) in [6.45, 7) is 3.91. The van der Waals surface area contributed by atoms with Crippen LogP contribution in [0.2, 0.25) is 0 Å². The van der Waals surface area contributed by atoms with Crippen molar-refractivity contribution < 1.29 is 23.8 Å². The smallest absolute Gasteiger partial charge is 0.338 e. The van der Waals surface area contributed by atoms with Gasteiger partial charge >= 0.3 is 5.97 Å². The van der Waals surface area contributed by atoms with Crippen molar-refractivity contribution in [3.05, 3.63) is 82.0 Å². The number of fused-ring (bicyclic) bond motifs is 1. The van der Waals surface area contributed by atoms with Crippen molar-refractivity contribution in [1.82, 2.24) is 10.2 Å². The summed E-state index contributed by atoms with van der Waals surface area (Å²) in [5.74, 6) is 0.584. The predicted molar refractivity (Wildman–Crippen MR) is 144 cm³/mol. The zero-order valence-electron chi connectivity index (χ0n) is 21.6. The first-order valence-corrected chi connectivity index (χ1v) is 12.9. The van der Waals surface area contributed by atoms with Gasteiger partial charge in [-0.1, -0.05) is 49.0 Å². The normalized spacial score (nSPS) is 17.4. The second-order valence-corrected chi connectivity index (χ2v) is 9.46. The molecule has 194 valence electrons. The Morgan fingerprint density at radius 3 is 2.35 bits per heavy atom. The minimum atomic E-state index is -0.570. The van der Waals surface area contributed by atoms with Crippen LogP contribution in [-0.4, -0.2) is 43.3 Å². The number of carbonyl (C=O) groups is 2. The molecule has 0 aliphatic carbocycles.